The van der Waals surface area contributed by atoms with Crippen LogP contribution in [-0.2, 0) is 101 Å². The van der Waals surface area contributed by atoms with Crippen molar-refractivity contribution in [3.8, 4) is 0 Å². The molecule has 13 rings (SSSR count). The molecule has 0 radical (unpaired) electrons. The first-order valence-corrected chi connectivity index (χ1v) is 46.1. The largest absolute Gasteiger partial charge is 0.480 e. The topological polar surface area (TPSA) is 673 Å². The highest BCUT2D eigenvalue weighted by Gasteiger charge is 2.54. The molecule has 13 fully saturated rings. The molecule has 13 saturated heterocycles. The summed E-state index contributed by atoms with van der Waals surface area (Å²) in [5.74, 6) is -16.2. The van der Waals surface area contributed by atoms with Crippen molar-refractivity contribution in [3.05, 3.63) is 0 Å². The molecule has 732 valence electrons. The molecule has 13 heterocycles. The maximum Gasteiger partial charge on any atom is 0.322 e. The molecule has 51 heteroatoms. The summed E-state index contributed by atoms with van der Waals surface area (Å²) in [6, 6.07) is -16.9. The predicted molar refractivity (Wildman–Crippen MR) is 452 cm³/mol. The summed E-state index contributed by atoms with van der Waals surface area (Å²) < 4.78 is 0. The first-order chi connectivity index (χ1) is 63.3. The maximum absolute atomic E-state index is 14.5. The molecule has 20 amide bonds. The van der Waals surface area contributed by atoms with Crippen molar-refractivity contribution in [2.45, 2.75) is 249 Å². The number of β-amino-alcohol motifs (C(OH)–C–C–N with tert-alkyl or cyclic N) is 7. The van der Waals surface area contributed by atoms with Gasteiger partial charge >= 0.3 is 5.97 Å². The lowest BCUT2D eigenvalue weighted by atomic mass is 10.1. The number of aliphatic hydroxyl groups is 7. The highest BCUT2D eigenvalue weighted by molar-refractivity contribution is 7.80. The molecule has 0 aliphatic carbocycles. The van der Waals surface area contributed by atoms with Crippen LogP contribution in [0, 0.1) is 0 Å². The average molecular weight is 1900 g/mol. The molecule has 0 unspecified atom stereocenters. The van der Waals surface area contributed by atoms with Gasteiger partial charge in [-0.3, -0.25) is 101 Å². The van der Waals surface area contributed by atoms with Crippen molar-refractivity contribution in [2.75, 3.05) is 137 Å². The maximum atomic E-state index is 14.5. The Kier molecular flexibility index (Phi) is 32.2. The molecule has 0 aromatic rings. The van der Waals surface area contributed by atoms with Gasteiger partial charge in [0, 0.05) is 136 Å². The van der Waals surface area contributed by atoms with Crippen LogP contribution in [0.15, 0.2) is 0 Å². The van der Waals surface area contributed by atoms with Crippen molar-refractivity contribution in [1.82, 2.24) is 101 Å². The van der Waals surface area contributed by atoms with Crippen LogP contribution in [-0.4, -0.2) is 493 Å². The Bertz CT molecular complexity index is 4500. The molecule has 17 N–H and O–H groups in total. The molecule has 0 aromatic heterocycles. The molecular formula is C82H119N21O29S. The smallest absolute Gasteiger partial charge is 0.322 e. The molecule has 50 nitrogen and oxygen atoms in total. The molecule has 13 aliphatic heterocycles. The van der Waals surface area contributed by atoms with Crippen molar-refractivity contribution < 1.29 is 142 Å². The van der Waals surface area contributed by atoms with Gasteiger partial charge in [-0.1, -0.05) is 0 Å². The van der Waals surface area contributed by atoms with Crippen LogP contribution < -0.4 is 43.0 Å². The predicted octanol–water partition coefficient (Wildman–Crippen LogP) is -14.2. The summed E-state index contributed by atoms with van der Waals surface area (Å²) in [6.07, 6.45) is -6.88. The number of hydrogen-bond acceptors (Lipinski definition) is 30. The number of nitrogens with one attached hydrogen (secondary N) is 7. The minimum atomic E-state index is -1.36. The number of carboxylic acids is 1. The minimum Gasteiger partial charge on any atom is -0.480 e. The Labute approximate surface area is 767 Å². The summed E-state index contributed by atoms with van der Waals surface area (Å²) >= 11 is 4.04. The van der Waals surface area contributed by atoms with Crippen LogP contribution in [0.25, 0.3) is 0 Å². The Balaban J connectivity index is 0.538. The zero-order chi connectivity index (χ0) is 96.0. The monoisotopic (exact) mass is 1890 g/mol. The van der Waals surface area contributed by atoms with Crippen LogP contribution in [0.2, 0.25) is 0 Å². The van der Waals surface area contributed by atoms with E-state index < -0.39 is 297 Å². The van der Waals surface area contributed by atoms with Gasteiger partial charge in [0.05, 0.1) is 88.0 Å². The number of likely N-dealkylation sites (tertiary alicyclic amines) is 13. The highest BCUT2D eigenvalue weighted by atomic mass is 32.1. The fourth-order valence-corrected chi connectivity index (χ4v) is 21.2. The second-order valence-electron chi connectivity index (χ2n) is 36.4. The van der Waals surface area contributed by atoms with Crippen LogP contribution in [0.5, 0.6) is 0 Å². The Morgan fingerprint density at radius 3 is 0.571 bits per heavy atom. The molecule has 13 aliphatic rings. The van der Waals surface area contributed by atoms with E-state index in [2.05, 4.69) is 49.8 Å². The van der Waals surface area contributed by atoms with E-state index in [1.165, 1.54) is 29.4 Å². The third kappa shape index (κ3) is 22.1. The molecule has 0 bridgehead atoms. The fourth-order valence-electron chi connectivity index (χ4n) is 21.1. The first kappa shape index (κ1) is 99.4. The second kappa shape index (κ2) is 43.1. The van der Waals surface area contributed by atoms with Gasteiger partial charge in [0.15, 0.2) is 0 Å². The van der Waals surface area contributed by atoms with Gasteiger partial charge in [-0.15, -0.1) is 0 Å². The van der Waals surface area contributed by atoms with E-state index in [1.54, 1.807) is 0 Å². The van der Waals surface area contributed by atoms with Gasteiger partial charge in [0.25, 0.3) is 0 Å². The number of rotatable bonds is 29. The summed E-state index contributed by atoms with van der Waals surface area (Å²) in [7, 11) is 0. The third-order valence-electron chi connectivity index (χ3n) is 27.6. The normalized spacial score (nSPS) is 30.5. The Hall–Kier alpha value is -11.1. The van der Waals surface area contributed by atoms with Gasteiger partial charge in [0.2, 0.25) is 118 Å². The number of thiol groups is 1. The lowest BCUT2D eigenvalue weighted by molar-refractivity contribution is -0.148. The molecule has 0 spiro atoms. The number of hydrogen-bond donors (Lipinski definition) is 17. The fraction of sp³-hybridized carbons (Fsp3) is 0.744. The van der Waals surface area contributed by atoms with E-state index >= 15 is 0 Å². The van der Waals surface area contributed by atoms with E-state index in [-0.39, 0.29) is 174 Å². The quantitative estimate of drug-likeness (QED) is 0.0309. The zero-order valence-electron chi connectivity index (χ0n) is 73.4. The van der Waals surface area contributed by atoms with Crippen LogP contribution in [0.4, 0.5) is 0 Å². The molecule has 21 atom stereocenters. The van der Waals surface area contributed by atoms with Crippen LogP contribution in [0.3, 0.4) is 0 Å². The Morgan fingerprint density at radius 1 is 0.248 bits per heavy atom. The molecule has 0 saturated carbocycles. The van der Waals surface area contributed by atoms with Crippen LogP contribution >= 0.6 is 12.6 Å². The van der Waals surface area contributed by atoms with Gasteiger partial charge in [-0.05, 0) is 77.0 Å². The summed E-state index contributed by atoms with van der Waals surface area (Å²) in [5.41, 5.74) is 5.85. The van der Waals surface area contributed by atoms with E-state index in [4.69, 9.17) is 10.8 Å². The van der Waals surface area contributed by atoms with E-state index in [0.29, 0.717) is 38.5 Å². The van der Waals surface area contributed by atoms with Gasteiger partial charge in [-0.2, -0.15) is 12.6 Å². The molecular weight excluding hydrogens is 1780 g/mol. The van der Waals surface area contributed by atoms with Crippen molar-refractivity contribution in [3.63, 3.8) is 0 Å². The van der Waals surface area contributed by atoms with Gasteiger partial charge in [0.1, 0.15) is 85.1 Å². The average Bonchev–Trinajstić information content (AvgIpc) is 1.67. The second-order valence-corrected chi connectivity index (χ2v) is 36.8. The molecule has 0 aromatic carbocycles. The van der Waals surface area contributed by atoms with Crippen LogP contribution in [0.1, 0.15) is 122 Å². The van der Waals surface area contributed by atoms with E-state index in [9.17, 15) is 136 Å². The number of nitrogens with zero attached hydrogens (tertiary/aromatic N) is 13. The van der Waals surface area contributed by atoms with E-state index in [0.717, 1.165) is 34.3 Å². The SMILES string of the molecule is N[C@@H](CS)C(=O)N1C[C@H](O)C[C@H]1C(=O)NCC(=O)N1CCC[C@H]1C(=O)N1C[C@H](O)C[C@H]1C(=O)NCC(=O)N1CCC[C@H]1C(=O)N1C[C@H](O)C[C@H]1C(=O)NCC(=O)N1CCC[C@H]1C(=O)N1C[C@H](O)C[C@H]1C(=O)NCC(=O)N1CCC[C@H]1C(=O)N1C[C@H](O)C[C@H]1C(=O)NCC(=O)N1CCC[C@H]1C(=O)N1C[C@H](O)C[C@H]1C(=O)NCC(=O)N1CCC[C@H]1C(=O)N1C[C@H](O)C[C@H]1C(=O)NCC(=O)O. The number of nitrogens with two attached hydrogens (primary N) is 1. The third-order valence-corrected chi connectivity index (χ3v) is 28.0. The number of aliphatic carboxylic acids is 1. The summed E-state index contributed by atoms with van der Waals surface area (Å²) in [5, 5.41) is 101. The number of aliphatic hydroxyl groups excluding tert-OH is 7. The summed E-state index contributed by atoms with van der Waals surface area (Å²) in [6.45, 7) is -6.38. The number of amides is 20. The van der Waals surface area contributed by atoms with Crippen molar-refractivity contribution >= 4 is 137 Å². The highest BCUT2D eigenvalue weighted by Crippen LogP contribution is 2.34. The zero-order valence-corrected chi connectivity index (χ0v) is 74.3. The van der Waals surface area contributed by atoms with Gasteiger partial charge < -0.3 is 148 Å². The Morgan fingerprint density at radius 2 is 0.406 bits per heavy atom. The summed E-state index contributed by atoms with van der Waals surface area (Å²) in [4.78, 5) is 304. The van der Waals surface area contributed by atoms with Crippen molar-refractivity contribution in [2.24, 2.45) is 5.73 Å². The van der Waals surface area contributed by atoms with E-state index in [1.807, 2.05) is 0 Å². The number of carbonyl (C=O) groups excluding carboxylic acids is 20. The first-order valence-electron chi connectivity index (χ1n) is 45.5. The lowest BCUT2D eigenvalue weighted by Gasteiger charge is -2.32. The molecule has 133 heavy (non-hydrogen) atoms. The minimum absolute atomic E-state index is 0.0204. The number of carboxylic acid groups (broad SMARTS) is 1. The van der Waals surface area contributed by atoms with Gasteiger partial charge in [-0.25, -0.2) is 0 Å². The lowest BCUT2D eigenvalue weighted by Crippen LogP contribution is -2.57. The standard InChI is InChI=1S/C82H119N21O29S/c83-48(40-133)76(126)97-33-41(104)19-55(97)69(119)84-26-62(111)91-13-1-7-49(91)77(127)98-34-42(105)20-56(98)70(120)85-27-63(112)92-14-2-8-50(92)78(128)99-35-43(106)21-57(99)71(121)86-28-64(113)93-15-3-9-51(93)79(129)100-36-44(107)22-58(100)72(122)87-29-65(114)94-16-4-10-52(94)80(130)101-37-45(108)23-59(101)73(123)88-30-66(115)95-17-5-11-53(95)81(131)102-38-46(109)24-60(102)74(124)89-31-67(116)96-18-6-12-54(96)82(132)103-39-47(110)25-61(103)75(125)90-32-68(117)118/h41-61,104-110,133H,1-40,83H2,(H,84,119)(H,85,120)(H,86,121)(H,87,122)(H,88,123)(H,89,124)(H,90,125)(H,117,118)/t41-,42-,43-,44-,45-,46-,47-,48+,49+,50+,51+,52+,53+,54+,55+,56+,57+,58+,59+,60+,61+/m1/s1. The van der Waals surface area contributed by atoms with Crippen molar-refractivity contribution in [1.29, 1.82) is 0 Å². The number of carbonyl (C=O) groups is 21.